The maximum absolute atomic E-state index is 13.6. The van der Waals surface area contributed by atoms with Crippen LogP contribution in [0.15, 0.2) is 60.9 Å². The van der Waals surface area contributed by atoms with E-state index in [1.807, 2.05) is 30.3 Å². The number of para-hydroxylation sites is 1. The van der Waals surface area contributed by atoms with E-state index in [0.717, 1.165) is 31.4 Å². The average molecular weight is 473 g/mol. The Kier molecular flexibility index (Phi) is 4.81. The van der Waals surface area contributed by atoms with E-state index in [9.17, 15) is 9.59 Å². The Morgan fingerprint density at radius 3 is 2.59 bits per heavy atom. The Morgan fingerprint density at radius 2 is 1.82 bits per heavy atom. The summed E-state index contributed by atoms with van der Waals surface area (Å²) in [7, 11) is 0. The van der Waals surface area contributed by atoms with Crippen LogP contribution in [0.4, 0.5) is 11.4 Å². The topological polar surface area (TPSA) is 96.1 Å². The van der Waals surface area contributed by atoms with Gasteiger partial charge in [0.05, 0.1) is 33.5 Å². The number of hydrogen-bond acceptors (Lipinski definition) is 5. The summed E-state index contributed by atoms with van der Waals surface area (Å²) >= 11 is 6.52. The minimum Gasteiger partial charge on any atom is -0.457 e. The van der Waals surface area contributed by atoms with Crippen LogP contribution in [0.3, 0.4) is 0 Å². The highest BCUT2D eigenvalue weighted by Crippen LogP contribution is 2.44. The predicted molar refractivity (Wildman–Crippen MR) is 131 cm³/mol. The summed E-state index contributed by atoms with van der Waals surface area (Å²) in [4.78, 5) is 33.9. The molecule has 0 unspecified atom stereocenters. The number of aromatic nitrogens is 2. The van der Waals surface area contributed by atoms with Gasteiger partial charge in [-0.1, -0.05) is 42.6 Å². The first-order valence-corrected chi connectivity index (χ1v) is 11.6. The molecule has 6 rings (SSSR count). The van der Waals surface area contributed by atoms with Crippen LogP contribution >= 0.6 is 11.6 Å². The van der Waals surface area contributed by atoms with Crippen LogP contribution in [-0.2, 0) is 4.79 Å². The van der Waals surface area contributed by atoms with Crippen molar-refractivity contribution in [3.05, 3.63) is 77.1 Å². The first-order valence-electron chi connectivity index (χ1n) is 11.2. The molecule has 2 aliphatic rings. The number of carbonyl (C=O) groups excluding carboxylic acids is 2. The van der Waals surface area contributed by atoms with E-state index >= 15 is 0 Å². The van der Waals surface area contributed by atoms with Crippen molar-refractivity contribution in [3.63, 3.8) is 0 Å². The van der Waals surface area contributed by atoms with E-state index in [2.05, 4.69) is 20.6 Å². The fourth-order valence-corrected chi connectivity index (χ4v) is 5.14. The van der Waals surface area contributed by atoms with Crippen molar-refractivity contribution >= 4 is 45.7 Å². The van der Waals surface area contributed by atoms with Crippen LogP contribution < -0.4 is 15.4 Å². The minimum absolute atomic E-state index is 0.0425. The predicted octanol–water partition coefficient (Wildman–Crippen LogP) is 5.92. The number of halogens is 1. The molecule has 8 heteroatoms. The molecule has 1 fully saturated rings. The molecule has 4 aromatic rings. The highest BCUT2D eigenvalue weighted by Gasteiger charge is 2.45. The first kappa shape index (κ1) is 20.7. The maximum atomic E-state index is 13.6. The molecule has 2 aromatic carbocycles. The monoisotopic (exact) mass is 472 g/mol. The third-order valence-corrected chi connectivity index (χ3v) is 6.93. The largest absolute Gasteiger partial charge is 0.457 e. The summed E-state index contributed by atoms with van der Waals surface area (Å²) in [5.41, 5.74) is 2.01. The number of H-pyrrole nitrogens is 1. The molecule has 1 amide bonds. The van der Waals surface area contributed by atoms with Crippen molar-refractivity contribution in [2.24, 2.45) is 0 Å². The molecule has 1 spiro atoms. The molecule has 3 heterocycles. The normalized spacial score (nSPS) is 16.2. The molecule has 3 N–H and O–H groups in total. The third kappa shape index (κ3) is 3.31. The van der Waals surface area contributed by atoms with Gasteiger partial charge in [0.25, 0.3) is 0 Å². The molecule has 0 saturated heterocycles. The molecule has 1 aliphatic heterocycles. The lowest BCUT2D eigenvalue weighted by atomic mass is 9.92. The second-order valence-corrected chi connectivity index (χ2v) is 9.13. The van der Waals surface area contributed by atoms with Crippen LogP contribution in [0.5, 0.6) is 11.5 Å². The van der Waals surface area contributed by atoms with E-state index < -0.39 is 5.54 Å². The molecule has 0 bridgehead atoms. The number of nitrogens with one attached hydrogen (secondary N) is 3. The fraction of sp³-hybridized carbons (Fsp3) is 0.192. The lowest BCUT2D eigenvalue weighted by molar-refractivity contribution is -0.120. The second-order valence-electron chi connectivity index (χ2n) is 8.73. The molecule has 2 aromatic heterocycles. The zero-order valence-corrected chi connectivity index (χ0v) is 18.9. The molecule has 34 heavy (non-hydrogen) atoms. The van der Waals surface area contributed by atoms with Gasteiger partial charge >= 0.3 is 0 Å². The van der Waals surface area contributed by atoms with Crippen LogP contribution in [-0.4, -0.2) is 27.2 Å². The maximum Gasteiger partial charge on any atom is 0.250 e. The van der Waals surface area contributed by atoms with E-state index in [0.29, 0.717) is 44.4 Å². The number of fused-ring (bicyclic) bond motifs is 3. The number of ether oxygens (including phenoxy) is 1. The number of anilines is 2. The standard InChI is InChI=1S/C26H21ClN4O3/c27-19-12-16(34-15-6-2-1-3-7-15)8-9-17(19)23(32)18-13-28-24-21(18)22-20(14-29-24)30-25(33)26(31-22)10-4-5-11-26/h1-3,6-9,12-14,31H,4-5,10-11H2,(H,28,29)(H,30,33). The van der Waals surface area contributed by atoms with E-state index in [1.165, 1.54) is 0 Å². The molecular formula is C26H21ClN4O3. The van der Waals surface area contributed by atoms with Gasteiger partial charge in [-0.05, 0) is 37.1 Å². The summed E-state index contributed by atoms with van der Waals surface area (Å²) in [5.74, 6) is 0.940. The molecular weight excluding hydrogens is 452 g/mol. The van der Waals surface area contributed by atoms with E-state index in [-0.39, 0.29) is 11.7 Å². The Hall–Kier alpha value is -3.84. The van der Waals surface area contributed by atoms with Gasteiger partial charge in [-0.25, -0.2) is 4.98 Å². The number of rotatable bonds is 4. The SMILES string of the molecule is O=C(c1ccc(Oc2ccccc2)cc1Cl)c1c[nH]c2ncc3c(c12)NC1(CCCC1)C(=O)N3. The quantitative estimate of drug-likeness (QED) is 0.320. The van der Waals surface area contributed by atoms with Gasteiger partial charge in [-0.15, -0.1) is 0 Å². The number of hydrogen-bond donors (Lipinski definition) is 3. The van der Waals surface area contributed by atoms with Gasteiger partial charge in [0.2, 0.25) is 5.91 Å². The van der Waals surface area contributed by atoms with Gasteiger partial charge in [-0.3, -0.25) is 9.59 Å². The molecule has 1 aliphatic carbocycles. The number of nitrogens with zero attached hydrogens (tertiary/aromatic N) is 1. The molecule has 0 atom stereocenters. The van der Waals surface area contributed by atoms with Gasteiger partial charge in [-0.2, -0.15) is 0 Å². The van der Waals surface area contributed by atoms with E-state index in [1.54, 1.807) is 30.6 Å². The van der Waals surface area contributed by atoms with Crippen molar-refractivity contribution in [3.8, 4) is 11.5 Å². The number of pyridine rings is 1. The van der Waals surface area contributed by atoms with Gasteiger partial charge in [0.15, 0.2) is 5.78 Å². The Bertz CT molecular complexity index is 1440. The minimum atomic E-state index is -0.646. The number of carbonyl (C=O) groups is 2. The average Bonchev–Trinajstić information content (AvgIpc) is 3.49. The zero-order chi connectivity index (χ0) is 23.3. The second kappa shape index (κ2) is 7.88. The third-order valence-electron chi connectivity index (χ3n) is 6.61. The van der Waals surface area contributed by atoms with Gasteiger partial charge in [0.1, 0.15) is 22.7 Å². The van der Waals surface area contributed by atoms with Crippen LogP contribution in [0.2, 0.25) is 5.02 Å². The van der Waals surface area contributed by atoms with Crippen LogP contribution in [0.25, 0.3) is 11.0 Å². The molecule has 7 nitrogen and oxygen atoms in total. The fourth-order valence-electron chi connectivity index (χ4n) is 4.88. The van der Waals surface area contributed by atoms with Crippen molar-refractivity contribution < 1.29 is 14.3 Å². The summed E-state index contributed by atoms with van der Waals surface area (Å²) in [6, 6.07) is 14.4. The lowest BCUT2D eigenvalue weighted by Gasteiger charge is -2.35. The highest BCUT2D eigenvalue weighted by atomic mass is 35.5. The Balaban J connectivity index is 1.38. The van der Waals surface area contributed by atoms with Crippen molar-refractivity contribution in [1.82, 2.24) is 9.97 Å². The van der Waals surface area contributed by atoms with Gasteiger partial charge in [0, 0.05) is 17.8 Å². The van der Waals surface area contributed by atoms with Gasteiger partial charge < -0.3 is 20.4 Å². The molecule has 170 valence electrons. The number of aromatic amines is 1. The lowest BCUT2D eigenvalue weighted by Crippen LogP contribution is -2.50. The molecule has 1 saturated carbocycles. The smallest absolute Gasteiger partial charge is 0.250 e. The summed E-state index contributed by atoms with van der Waals surface area (Å²) in [5, 5.41) is 7.40. The van der Waals surface area contributed by atoms with E-state index in [4.69, 9.17) is 16.3 Å². The number of ketones is 1. The summed E-state index contributed by atoms with van der Waals surface area (Å²) < 4.78 is 5.83. The number of amides is 1. The van der Waals surface area contributed by atoms with Crippen LogP contribution in [0.1, 0.15) is 41.6 Å². The van der Waals surface area contributed by atoms with Crippen molar-refractivity contribution in [2.75, 3.05) is 10.6 Å². The Morgan fingerprint density at radius 1 is 1.03 bits per heavy atom. The summed E-state index contributed by atoms with van der Waals surface area (Å²) in [6.07, 6.45) is 6.73. The zero-order valence-electron chi connectivity index (χ0n) is 18.2. The Labute approximate surface area is 200 Å². The number of benzene rings is 2. The van der Waals surface area contributed by atoms with Crippen LogP contribution in [0, 0.1) is 0 Å². The summed E-state index contributed by atoms with van der Waals surface area (Å²) in [6.45, 7) is 0. The molecule has 0 radical (unpaired) electrons. The van der Waals surface area contributed by atoms with Crippen molar-refractivity contribution in [2.45, 2.75) is 31.2 Å². The highest BCUT2D eigenvalue weighted by molar-refractivity contribution is 6.36. The van der Waals surface area contributed by atoms with Crippen molar-refractivity contribution in [1.29, 1.82) is 0 Å². The first-order chi connectivity index (χ1) is 16.5.